The first-order chi connectivity index (χ1) is 15.4. The topological polar surface area (TPSA) is 6.48 Å². The third kappa shape index (κ3) is 2.68. The van der Waals surface area contributed by atoms with E-state index in [1.54, 1.807) is 0 Å². The zero-order valence-electron chi connectivity index (χ0n) is 20.4. The van der Waals surface area contributed by atoms with Crippen LogP contribution in [0.1, 0.15) is 61.1 Å². The summed E-state index contributed by atoms with van der Waals surface area (Å²) in [5.74, 6) is 0.391. The van der Waals surface area contributed by atoms with Crippen LogP contribution in [0.3, 0.4) is 0 Å². The Labute approximate surface area is 179 Å². The number of anilines is 1. The molecule has 3 aliphatic rings. The van der Waals surface area contributed by atoms with Gasteiger partial charge in [-0.25, -0.2) is 0 Å². The average molecular weight is 388 g/mol. The Kier molecular flexibility index (Phi) is 3.76. The fourth-order valence-electron chi connectivity index (χ4n) is 5.81. The molecule has 2 aromatic rings. The molecule has 0 saturated heterocycles. The highest BCUT2D eigenvalue weighted by Crippen LogP contribution is 2.54. The van der Waals surface area contributed by atoms with E-state index in [9.17, 15) is 0 Å². The fourth-order valence-corrected chi connectivity index (χ4v) is 5.81. The SMILES string of the molecule is [2H]C([2H])([2H])C1N(c2ccccc2C)C(C)=C2C=CC(c3ccccc3)(C3CCCCC3)N21. The molecule has 150 valence electrons. The molecule has 0 bridgehead atoms. The molecule has 2 aliphatic heterocycles. The van der Waals surface area contributed by atoms with Crippen molar-refractivity contribution in [3.05, 3.63) is 89.3 Å². The minimum atomic E-state index is -2.17. The number of nitrogens with zero attached hydrogens (tertiary/aromatic N) is 2. The van der Waals surface area contributed by atoms with Crippen LogP contribution in [0, 0.1) is 12.8 Å². The second-order valence-corrected chi connectivity index (χ2v) is 8.73. The van der Waals surface area contributed by atoms with Gasteiger partial charge in [0.05, 0.1) is 11.2 Å². The van der Waals surface area contributed by atoms with Crippen molar-refractivity contribution in [1.82, 2.24) is 4.90 Å². The molecule has 0 spiro atoms. The lowest BCUT2D eigenvalue weighted by molar-refractivity contribution is 0.0754. The van der Waals surface area contributed by atoms with Gasteiger partial charge in [-0.15, -0.1) is 0 Å². The summed E-state index contributed by atoms with van der Waals surface area (Å²) < 4.78 is 26.0. The quantitative estimate of drug-likeness (QED) is 0.575. The Bertz CT molecular complexity index is 1050. The Balaban J connectivity index is 1.73. The second-order valence-electron chi connectivity index (χ2n) is 8.73. The molecule has 1 saturated carbocycles. The number of hydrogen-bond donors (Lipinski definition) is 0. The highest BCUT2D eigenvalue weighted by Gasteiger charge is 2.53. The van der Waals surface area contributed by atoms with Crippen LogP contribution in [0.15, 0.2) is 78.1 Å². The van der Waals surface area contributed by atoms with Crippen molar-refractivity contribution < 1.29 is 4.11 Å². The molecular formula is C27H32N2. The molecule has 0 N–H and O–H groups in total. The molecule has 5 rings (SSSR count). The predicted molar refractivity (Wildman–Crippen MR) is 121 cm³/mol. The normalized spacial score (nSPS) is 29.0. The van der Waals surface area contributed by atoms with Crippen LogP contribution in [0.5, 0.6) is 0 Å². The Morgan fingerprint density at radius 2 is 1.66 bits per heavy atom. The highest BCUT2D eigenvalue weighted by atomic mass is 15.4. The summed E-state index contributed by atoms with van der Waals surface area (Å²) in [5.41, 5.74) is 4.90. The van der Waals surface area contributed by atoms with Gasteiger partial charge in [-0.2, -0.15) is 0 Å². The maximum atomic E-state index is 8.67. The van der Waals surface area contributed by atoms with Gasteiger partial charge in [-0.3, -0.25) is 0 Å². The number of benzene rings is 2. The van der Waals surface area contributed by atoms with Gasteiger partial charge in [-0.05, 0) is 62.7 Å². The van der Waals surface area contributed by atoms with E-state index in [4.69, 9.17) is 4.11 Å². The van der Waals surface area contributed by atoms with Crippen molar-refractivity contribution in [3.63, 3.8) is 0 Å². The molecule has 1 aliphatic carbocycles. The van der Waals surface area contributed by atoms with Crippen LogP contribution in [0.4, 0.5) is 5.69 Å². The third-order valence-corrected chi connectivity index (χ3v) is 7.21. The number of allylic oxidation sites excluding steroid dienone is 2. The molecule has 2 atom stereocenters. The molecule has 0 amide bonds. The fraction of sp³-hybridized carbons (Fsp3) is 0.407. The number of fused-ring (bicyclic) bond motifs is 1. The van der Waals surface area contributed by atoms with Crippen molar-refractivity contribution >= 4 is 5.69 Å². The lowest BCUT2D eigenvalue weighted by Gasteiger charge is -2.49. The summed E-state index contributed by atoms with van der Waals surface area (Å²) in [5, 5.41) is 0. The minimum absolute atomic E-state index is 0.391. The van der Waals surface area contributed by atoms with E-state index in [0.29, 0.717) is 5.92 Å². The lowest BCUT2D eigenvalue weighted by atomic mass is 9.70. The molecule has 29 heavy (non-hydrogen) atoms. The van der Waals surface area contributed by atoms with E-state index in [0.717, 1.165) is 35.5 Å². The lowest BCUT2D eigenvalue weighted by Crippen LogP contribution is -2.52. The molecule has 2 unspecified atom stereocenters. The van der Waals surface area contributed by atoms with Crippen LogP contribution >= 0.6 is 0 Å². The average Bonchev–Trinajstić information content (AvgIpc) is 3.32. The summed E-state index contributed by atoms with van der Waals surface area (Å²) in [6.07, 6.45) is 9.69. The largest absolute Gasteiger partial charge is 0.336 e. The molecule has 2 heteroatoms. The van der Waals surface area contributed by atoms with Crippen molar-refractivity contribution in [2.24, 2.45) is 5.92 Å². The summed E-state index contributed by atoms with van der Waals surface area (Å²) in [6.45, 7) is 1.97. The van der Waals surface area contributed by atoms with Gasteiger partial charge < -0.3 is 9.80 Å². The van der Waals surface area contributed by atoms with E-state index in [1.165, 1.54) is 24.8 Å². The van der Waals surface area contributed by atoms with Crippen molar-refractivity contribution in [3.8, 4) is 0 Å². The first-order valence-corrected chi connectivity index (χ1v) is 11.0. The Morgan fingerprint density at radius 1 is 0.931 bits per heavy atom. The molecule has 1 fully saturated rings. The van der Waals surface area contributed by atoms with Crippen LogP contribution < -0.4 is 4.90 Å². The molecule has 0 radical (unpaired) electrons. The highest BCUT2D eigenvalue weighted by molar-refractivity contribution is 5.63. The zero-order valence-corrected chi connectivity index (χ0v) is 17.4. The summed E-state index contributed by atoms with van der Waals surface area (Å²) >= 11 is 0. The van der Waals surface area contributed by atoms with Gasteiger partial charge in [-0.1, -0.05) is 73.9 Å². The van der Waals surface area contributed by atoms with E-state index < -0.39 is 18.6 Å². The Morgan fingerprint density at radius 3 is 2.38 bits per heavy atom. The van der Waals surface area contributed by atoms with E-state index in [2.05, 4.69) is 72.2 Å². The first kappa shape index (κ1) is 15.4. The monoisotopic (exact) mass is 387 g/mol. The van der Waals surface area contributed by atoms with Crippen molar-refractivity contribution in [1.29, 1.82) is 0 Å². The van der Waals surface area contributed by atoms with Crippen molar-refractivity contribution in [2.75, 3.05) is 4.90 Å². The summed E-state index contributed by atoms with van der Waals surface area (Å²) in [4.78, 5) is 4.33. The van der Waals surface area contributed by atoms with Gasteiger partial charge in [0.15, 0.2) is 0 Å². The maximum Gasteiger partial charge on any atom is 0.104 e. The first-order valence-electron chi connectivity index (χ1n) is 12.5. The smallest absolute Gasteiger partial charge is 0.104 e. The van der Waals surface area contributed by atoms with Crippen LogP contribution in [0.25, 0.3) is 0 Å². The van der Waals surface area contributed by atoms with Gasteiger partial charge in [0.2, 0.25) is 0 Å². The molecular weight excluding hydrogens is 352 g/mol. The predicted octanol–water partition coefficient (Wildman–Crippen LogP) is 6.74. The zero-order chi connectivity index (χ0) is 22.5. The number of para-hydroxylation sites is 1. The van der Waals surface area contributed by atoms with E-state index in [-0.39, 0.29) is 0 Å². The molecule has 0 aromatic heterocycles. The van der Waals surface area contributed by atoms with Gasteiger partial charge >= 0.3 is 0 Å². The van der Waals surface area contributed by atoms with E-state index in [1.807, 2.05) is 18.2 Å². The van der Waals surface area contributed by atoms with Crippen LogP contribution in [0.2, 0.25) is 0 Å². The second kappa shape index (κ2) is 7.09. The van der Waals surface area contributed by atoms with Gasteiger partial charge in [0.1, 0.15) is 6.17 Å². The van der Waals surface area contributed by atoms with Crippen LogP contribution in [-0.4, -0.2) is 11.1 Å². The molecule has 2 heterocycles. The van der Waals surface area contributed by atoms with Gasteiger partial charge in [0.25, 0.3) is 0 Å². The minimum Gasteiger partial charge on any atom is -0.336 e. The number of rotatable bonds is 3. The maximum absolute atomic E-state index is 8.67. The van der Waals surface area contributed by atoms with Gasteiger partial charge in [0, 0.05) is 15.5 Å². The molecule has 2 nitrogen and oxygen atoms in total. The summed E-state index contributed by atoms with van der Waals surface area (Å²) in [6, 6.07) is 18.7. The number of hydrogen-bond acceptors (Lipinski definition) is 2. The molecule has 2 aromatic carbocycles. The van der Waals surface area contributed by atoms with Crippen molar-refractivity contribution in [2.45, 2.75) is 64.5 Å². The number of aryl methyl sites for hydroxylation is 1. The third-order valence-electron chi connectivity index (χ3n) is 7.21. The van der Waals surface area contributed by atoms with E-state index >= 15 is 0 Å². The van der Waals surface area contributed by atoms with Crippen LogP contribution in [-0.2, 0) is 5.54 Å². The summed E-state index contributed by atoms with van der Waals surface area (Å²) in [7, 11) is 0. The standard InChI is InChI=1S/C27H32N2/c1-20-12-10-11-17-25(20)28-21(2)26-18-19-27(29(26)22(28)3,23-13-6-4-7-14-23)24-15-8-5-9-16-24/h4,6-7,10-14,17-19,22,24H,5,8-9,15-16H2,1-3H3/i3D3. The Hall–Kier alpha value is -2.48.